The Hall–Kier alpha value is 0.270. The van der Waals surface area contributed by atoms with Gasteiger partial charge in [-0.2, -0.15) is 0 Å². The Morgan fingerprint density at radius 2 is 1.94 bits per heavy atom. The Balaban J connectivity index is 1.99. The van der Waals surface area contributed by atoms with E-state index in [1.165, 1.54) is 38.1 Å². The third-order valence-electron chi connectivity index (χ3n) is 3.83. The Bertz CT molecular complexity index is 252. The fourth-order valence-corrected chi connectivity index (χ4v) is 4.50. The molecule has 3 heteroatoms. The van der Waals surface area contributed by atoms with Crippen molar-refractivity contribution in [2.45, 2.75) is 63.4 Å². The van der Waals surface area contributed by atoms with E-state index in [9.17, 15) is 0 Å². The third kappa shape index (κ3) is 2.74. The van der Waals surface area contributed by atoms with E-state index in [1.807, 2.05) is 0 Å². The summed E-state index contributed by atoms with van der Waals surface area (Å²) in [7, 11) is 0. The summed E-state index contributed by atoms with van der Waals surface area (Å²) in [6, 6.07) is 0.703. The minimum Gasteiger partial charge on any atom is -0.301 e. The lowest BCUT2D eigenvalue weighted by Crippen LogP contribution is -2.47. The van der Waals surface area contributed by atoms with Crippen LogP contribution in [-0.2, 0) is 0 Å². The van der Waals surface area contributed by atoms with Crippen LogP contribution in [0.15, 0.2) is 0 Å². The van der Waals surface area contributed by atoms with Crippen molar-refractivity contribution in [2.24, 2.45) is 0 Å². The van der Waals surface area contributed by atoms with Crippen LogP contribution in [0.25, 0.3) is 0 Å². The van der Waals surface area contributed by atoms with E-state index in [4.69, 9.17) is 0 Å². The van der Waals surface area contributed by atoms with Gasteiger partial charge < -0.3 is 4.90 Å². The topological polar surface area (TPSA) is 15.3 Å². The summed E-state index contributed by atoms with van der Waals surface area (Å²) < 4.78 is 0. The first-order valence-corrected chi connectivity index (χ1v) is 7.58. The number of nitrogens with zero attached hydrogens (tertiary/aromatic N) is 1. The van der Waals surface area contributed by atoms with Crippen molar-refractivity contribution in [1.29, 1.82) is 0 Å². The van der Waals surface area contributed by atoms with Crippen LogP contribution in [0.5, 0.6) is 0 Å². The van der Waals surface area contributed by atoms with E-state index >= 15 is 0 Å². The number of likely N-dealkylation sites (tertiary alicyclic amines) is 1. The molecule has 1 N–H and O–H groups in total. The highest BCUT2D eigenvalue weighted by Gasteiger charge is 2.43. The first kappa shape index (κ1) is 12.7. The molecule has 0 amide bonds. The normalized spacial score (nSPS) is 35.8. The number of hydrogen-bond donors (Lipinski definition) is 1. The van der Waals surface area contributed by atoms with Crippen molar-refractivity contribution in [2.75, 3.05) is 18.8 Å². The lowest BCUT2D eigenvalue weighted by Gasteiger charge is -2.31. The van der Waals surface area contributed by atoms with Crippen molar-refractivity contribution in [1.82, 2.24) is 10.2 Å². The van der Waals surface area contributed by atoms with Crippen LogP contribution >= 0.6 is 11.8 Å². The third-order valence-corrected chi connectivity index (χ3v) is 5.76. The van der Waals surface area contributed by atoms with Crippen LogP contribution in [-0.4, -0.2) is 40.2 Å². The summed E-state index contributed by atoms with van der Waals surface area (Å²) in [4.78, 5) is 3.01. The molecule has 0 aromatic heterocycles. The molecule has 2 aliphatic heterocycles. The molecule has 94 valence electrons. The second-order valence-electron chi connectivity index (χ2n) is 6.28. The van der Waals surface area contributed by atoms with Gasteiger partial charge >= 0.3 is 0 Å². The molecule has 16 heavy (non-hydrogen) atoms. The molecular weight excluding hydrogens is 216 g/mol. The number of nitrogens with one attached hydrogen (secondary N) is 1. The van der Waals surface area contributed by atoms with E-state index in [2.05, 4.69) is 49.7 Å². The fraction of sp³-hybridized carbons (Fsp3) is 1.00. The first-order valence-electron chi connectivity index (χ1n) is 6.60. The Labute approximate surface area is 105 Å². The summed E-state index contributed by atoms with van der Waals surface area (Å²) in [6.07, 6.45) is 3.98. The molecule has 2 heterocycles. The maximum Gasteiger partial charge on any atom is 0.0662 e. The van der Waals surface area contributed by atoms with Crippen LogP contribution in [0.2, 0.25) is 0 Å². The smallest absolute Gasteiger partial charge is 0.0662 e. The number of hydrogen-bond acceptors (Lipinski definition) is 3. The summed E-state index contributed by atoms with van der Waals surface area (Å²) in [6.45, 7) is 11.8. The summed E-state index contributed by atoms with van der Waals surface area (Å²) in [5.41, 5.74) is 0.331. The molecule has 0 aliphatic carbocycles. The second-order valence-corrected chi connectivity index (χ2v) is 7.63. The molecule has 0 aromatic carbocycles. The Kier molecular flexibility index (Phi) is 3.58. The van der Waals surface area contributed by atoms with Gasteiger partial charge in [-0.05, 0) is 53.5 Å². The standard InChI is InChI=1S/C13H26N2S/c1-11(2)15-8-5-6-13(7-9-15)14-12(3,4)10-16-13/h11,14H,5-10H2,1-4H3. The second kappa shape index (κ2) is 4.51. The number of rotatable bonds is 1. The Morgan fingerprint density at radius 3 is 2.50 bits per heavy atom. The van der Waals surface area contributed by atoms with Crippen LogP contribution in [0.1, 0.15) is 47.0 Å². The molecule has 0 saturated carbocycles. The molecule has 0 radical (unpaired) electrons. The average Bonchev–Trinajstić information content (AvgIpc) is 2.37. The van der Waals surface area contributed by atoms with Gasteiger partial charge in [-0.25, -0.2) is 0 Å². The molecule has 1 unspecified atom stereocenters. The Morgan fingerprint density at radius 1 is 1.19 bits per heavy atom. The van der Waals surface area contributed by atoms with Crippen molar-refractivity contribution in [3.05, 3.63) is 0 Å². The molecule has 2 fully saturated rings. The molecule has 2 rings (SSSR count). The predicted molar refractivity (Wildman–Crippen MR) is 73.0 cm³/mol. The van der Waals surface area contributed by atoms with Crippen molar-refractivity contribution in [3.63, 3.8) is 0 Å². The predicted octanol–water partition coefficient (Wildman–Crippen LogP) is 2.69. The van der Waals surface area contributed by atoms with E-state index < -0.39 is 0 Å². The van der Waals surface area contributed by atoms with E-state index in [-0.39, 0.29) is 0 Å². The van der Waals surface area contributed by atoms with Gasteiger partial charge in [0.25, 0.3) is 0 Å². The zero-order valence-electron chi connectivity index (χ0n) is 11.2. The maximum absolute atomic E-state index is 3.88. The van der Waals surface area contributed by atoms with Crippen LogP contribution in [0.4, 0.5) is 0 Å². The van der Waals surface area contributed by atoms with Crippen molar-refractivity contribution in [3.8, 4) is 0 Å². The SMILES string of the molecule is CC(C)N1CCCC2(CC1)NC(C)(C)CS2. The van der Waals surface area contributed by atoms with Gasteiger partial charge in [-0.15, -0.1) is 11.8 Å². The van der Waals surface area contributed by atoms with E-state index in [0.29, 0.717) is 16.5 Å². The largest absolute Gasteiger partial charge is 0.301 e. The molecule has 2 aliphatic rings. The average molecular weight is 242 g/mol. The molecule has 2 nitrogen and oxygen atoms in total. The minimum absolute atomic E-state index is 0.331. The maximum atomic E-state index is 3.88. The number of thioether (sulfide) groups is 1. The van der Waals surface area contributed by atoms with E-state index in [0.717, 1.165) is 0 Å². The van der Waals surface area contributed by atoms with Gasteiger partial charge in [0.1, 0.15) is 0 Å². The van der Waals surface area contributed by atoms with Gasteiger partial charge in [0.15, 0.2) is 0 Å². The molecule has 0 aromatic rings. The minimum atomic E-state index is 0.331. The molecular formula is C13H26N2S. The molecule has 1 spiro atoms. The van der Waals surface area contributed by atoms with Gasteiger partial charge in [0.05, 0.1) is 4.87 Å². The summed E-state index contributed by atoms with van der Waals surface area (Å²) in [5, 5.41) is 3.88. The van der Waals surface area contributed by atoms with Gasteiger partial charge in [0.2, 0.25) is 0 Å². The monoisotopic (exact) mass is 242 g/mol. The lowest BCUT2D eigenvalue weighted by molar-refractivity contribution is 0.226. The van der Waals surface area contributed by atoms with Crippen molar-refractivity contribution >= 4 is 11.8 Å². The molecule has 1 atom stereocenters. The van der Waals surface area contributed by atoms with Gasteiger partial charge in [-0.1, -0.05) is 0 Å². The lowest BCUT2D eigenvalue weighted by atomic mass is 10.0. The highest BCUT2D eigenvalue weighted by atomic mass is 32.2. The summed E-state index contributed by atoms with van der Waals surface area (Å²) in [5.74, 6) is 1.26. The van der Waals surface area contributed by atoms with Gasteiger partial charge in [0, 0.05) is 23.9 Å². The highest BCUT2D eigenvalue weighted by Crippen LogP contribution is 2.42. The quantitative estimate of drug-likeness (QED) is 0.761. The highest BCUT2D eigenvalue weighted by molar-refractivity contribution is 8.00. The molecule has 2 saturated heterocycles. The summed E-state index contributed by atoms with van der Waals surface area (Å²) >= 11 is 2.16. The van der Waals surface area contributed by atoms with E-state index in [1.54, 1.807) is 0 Å². The fourth-order valence-electron chi connectivity index (χ4n) is 2.92. The van der Waals surface area contributed by atoms with Gasteiger partial charge in [-0.3, -0.25) is 5.32 Å². The van der Waals surface area contributed by atoms with Crippen LogP contribution in [0.3, 0.4) is 0 Å². The first-order chi connectivity index (χ1) is 7.43. The zero-order chi connectivity index (χ0) is 11.8. The zero-order valence-corrected chi connectivity index (χ0v) is 12.0. The van der Waals surface area contributed by atoms with Crippen LogP contribution in [0, 0.1) is 0 Å². The van der Waals surface area contributed by atoms with Crippen LogP contribution < -0.4 is 5.32 Å². The van der Waals surface area contributed by atoms with Crippen molar-refractivity contribution < 1.29 is 0 Å². The molecule has 0 bridgehead atoms.